The van der Waals surface area contributed by atoms with Crippen molar-refractivity contribution in [1.82, 2.24) is 20.4 Å². The first-order valence-corrected chi connectivity index (χ1v) is 7.89. The van der Waals surface area contributed by atoms with Crippen molar-refractivity contribution in [2.75, 3.05) is 45.8 Å². The van der Waals surface area contributed by atoms with E-state index in [0.29, 0.717) is 19.5 Å². The lowest BCUT2D eigenvalue weighted by atomic mass is 10.1. The number of piperazine rings is 1. The molecule has 0 bridgehead atoms. The van der Waals surface area contributed by atoms with Crippen molar-refractivity contribution in [3.05, 3.63) is 0 Å². The Hall–Kier alpha value is -1.34. The molecule has 2 fully saturated rings. The molecule has 0 aromatic rings. The zero-order valence-corrected chi connectivity index (χ0v) is 12.5. The van der Waals surface area contributed by atoms with E-state index in [4.69, 9.17) is 0 Å². The summed E-state index contributed by atoms with van der Waals surface area (Å²) >= 11 is 0. The highest BCUT2D eigenvalue weighted by molar-refractivity contribution is 5.82. The predicted octanol–water partition coefficient (Wildman–Crippen LogP) is -0.0696. The molecule has 0 radical (unpaired) electrons. The maximum Gasteiger partial charge on any atom is 0.326 e. The Balaban J connectivity index is 1.78. The lowest BCUT2D eigenvalue weighted by molar-refractivity contribution is -0.142. The summed E-state index contributed by atoms with van der Waals surface area (Å²) in [6.45, 7) is 5.90. The first kappa shape index (κ1) is 16.0. The second kappa shape index (κ2) is 8.19. The number of amides is 2. The Morgan fingerprint density at radius 1 is 1.14 bits per heavy atom. The molecule has 2 saturated heterocycles. The molecule has 0 aromatic carbocycles. The molecule has 2 rings (SSSR count). The number of carbonyl (C=O) groups is 2. The minimum atomic E-state index is -0.894. The summed E-state index contributed by atoms with van der Waals surface area (Å²) in [6, 6.07) is -0.911. The number of carboxylic acids is 1. The second-order valence-corrected chi connectivity index (χ2v) is 5.72. The lowest BCUT2D eigenvalue weighted by Gasteiger charge is -2.29. The van der Waals surface area contributed by atoms with Gasteiger partial charge >= 0.3 is 12.0 Å². The van der Waals surface area contributed by atoms with Crippen LogP contribution in [-0.2, 0) is 4.79 Å². The van der Waals surface area contributed by atoms with Crippen molar-refractivity contribution in [2.45, 2.75) is 31.7 Å². The third-order valence-corrected chi connectivity index (χ3v) is 4.21. The fraction of sp³-hybridized carbons (Fsp3) is 0.857. The topological polar surface area (TPSA) is 84.9 Å². The van der Waals surface area contributed by atoms with Crippen LogP contribution in [0.3, 0.4) is 0 Å². The Morgan fingerprint density at radius 2 is 1.90 bits per heavy atom. The van der Waals surface area contributed by atoms with Crippen LogP contribution in [0.25, 0.3) is 0 Å². The van der Waals surface area contributed by atoms with Crippen LogP contribution in [-0.4, -0.2) is 78.8 Å². The molecule has 1 atom stereocenters. The van der Waals surface area contributed by atoms with Crippen LogP contribution in [0.4, 0.5) is 4.79 Å². The second-order valence-electron chi connectivity index (χ2n) is 5.72. The van der Waals surface area contributed by atoms with Gasteiger partial charge in [-0.2, -0.15) is 0 Å². The molecule has 0 saturated carbocycles. The fourth-order valence-corrected chi connectivity index (χ4v) is 2.97. The van der Waals surface area contributed by atoms with E-state index in [1.807, 2.05) is 0 Å². The molecule has 7 nitrogen and oxygen atoms in total. The average molecular weight is 298 g/mol. The summed E-state index contributed by atoms with van der Waals surface area (Å²) in [7, 11) is 0. The van der Waals surface area contributed by atoms with Crippen molar-refractivity contribution < 1.29 is 14.7 Å². The number of hydrogen-bond donors (Lipinski definition) is 3. The van der Waals surface area contributed by atoms with Gasteiger partial charge in [-0.3, -0.25) is 4.90 Å². The van der Waals surface area contributed by atoms with Gasteiger partial charge < -0.3 is 20.6 Å². The monoisotopic (exact) mass is 298 g/mol. The molecule has 2 aliphatic rings. The van der Waals surface area contributed by atoms with E-state index in [2.05, 4.69) is 15.5 Å². The van der Waals surface area contributed by atoms with Crippen LogP contribution >= 0.6 is 0 Å². The summed E-state index contributed by atoms with van der Waals surface area (Å²) in [5, 5.41) is 15.4. The van der Waals surface area contributed by atoms with E-state index < -0.39 is 12.0 Å². The zero-order valence-electron chi connectivity index (χ0n) is 12.5. The molecular formula is C14H26N4O3. The van der Waals surface area contributed by atoms with Gasteiger partial charge in [0.2, 0.25) is 0 Å². The van der Waals surface area contributed by atoms with E-state index in [9.17, 15) is 14.7 Å². The Morgan fingerprint density at radius 3 is 2.62 bits per heavy atom. The summed E-state index contributed by atoms with van der Waals surface area (Å²) in [5.74, 6) is -0.894. The molecule has 120 valence electrons. The molecule has 2 aliphatic heterocycles. The number of urea groups is 1. The van der Waals surface area contributed by atoms with Crippen molar-refractivity contribution in [3.63, 3.8) is 0 Å². The van der Waals surface area contributed by atoms with Gasteiger partial charge in [0, 0.05) is 45.8 Å². The number of hydrogen-bond acceptors (Lipinski definition) is 4. The van der Waals surface area contributed by atoms with Gasteiger partial charge in [-0.05, 0) is 12.8 Å². The molecular weight excluding hydrogens is 272 g/mol. The van der Waals surface area contributed by atoms with Crippen molar-refractivity contribution in [2.24, 2.45) is 0 Å². The highest BCUT2D eigenvalue weighted by atomic mass is 16.4. The van der Waals surface area contributed by atoms with E-state index in [0.717, 1.165) is 52.0 Å². The highest BCUT2D eigenvalue weighted by Gasteiger charge is 2.30. The molecule has 2 amide bonds. The fourth-order valence-electron chi connectivity index (χ4n) is 2.97. The number of rotatable bonds is 4. The van der Waals surface area contributed by atoms with E-state index in [1.165, 1.54) is 4.90 Å². The van der Waals surface area contributed by atoms with Crippen LogP contribution < -0.4 is 10.6 Å². The summed E-state index contributed by atoms with van der Waals surface area (Å²) in [5.41, 5.74) is 0. The molecule has 21 heavy (non-hydrogen) atoms. The lowest BCUT2D eigenvalue weighted by Crippen LogP contribution is -2.51. The van der Waals surface area contributed by atoms with Crippen molar-refractivity contribution in [3.8, 4) is 0 Å². The van der Waals surface area contributed by atoms with Gasteiger partial charge in [0.1, 0.15) is 6.04 Å². The van der Waals surface area contributed by atoms with Gasteiger partial charge in [-0.25, -0.2) is 9.59 Å². The largest absolute Gasteiger partial charge is 0.480 e. The third kappa shape index (κ3) is 4.86. The minimum absolute atomic E-state index is 0.237. The molecule has 7 heteroatoms. The quantitative estimate of drug-likeness (QED) is 0.676. The minimum Gasteiger partial charge on any atom is -0.480 e. The highest BCUT2D eigenvalue weighted by Crippen LogP contribution is 2.17. The smallest absolute Gasteiger partial charge is 0.326 e. The van der Waals surface area contributed by atoms with Gasteiger partial charge in [-0.1, -0.05) is 12.8 Å². The van der Waals surface area contributed by atoms with Crippen LogP contribution in [0.2, 0.25) is 0 Å². The van der Waals surface area contributed by atoms with Crippen molar-refractivity contribution in [1.29, 1.82) is 0 Å². The molecule has 3 N–H and O–H groups in total. The van der Waals surface area contributed by atoms with Crippen molar-refractivity contribution >= 4 is 12.0 Å². The van der Waals surface area contributed by atoms with Crippen LogP contribution in [0.5, 0.6) is 0 Å². The van der Waals surface area contributed by atoms with E-state index in [1.54, 1.807) is 0 Å². The van der Waals surface area contributed by atoms with Gasteiger partial charge in [0.05, 0.1) is 0 Å². The standard InChI is InChI=1S/C14H26N4O3/c19-13(20)12-4-2-1-3-8-18(12)14(21)16-7-11-17-9-5-15-6-10-17/h12,15H,1-11H2,(H,16,21)(H,19,20). The SMILES string of the molecule is O=C(O)C1CCCCCN1C(=O)NCCN1CCNCC1. The summed E-state index contributed by atoms with van der Waals surface area (Å²) in [6.07, 6.45) is 3.31. The molecule has 1 unspecified atom stereocenters. The normalized spacial score (nSPS) is 24.4. The Labute approximate surface area is 125 Å². The predicted molar refractivity (Wildman–Crippen MR) is 79.3 cm³/mol. The zero-order chi connectivity index (χ0) is 15.1. The molecule has 0 aromatic heterocycles. The molecule has 2 heterocycles. The summed E-state index contributed by atoms with van der Waals surface area (Å²) in [4.78, 5) is 27.3. The van der Waals surface area contributed by atoms with Gasteiger partial charge in [0.15, 0.2) is 0 Å². The number of aliphatic carboxylic acids is 1. The Kier molecular flexibility index (Phi) is 6.25. The average Bonchev–Trinajstić information content (AvgIpc) is 2.74. The van der Waals surface area contributed by atoms with Gasteiger partial charge in [-0.15, -0.1) is 0 Å². The van der Waals surface area contributed by atoms with Gasteiger partial charge in [0.25, 0.3) is 0 Å². The van der Waals surface area contributed by atoms with E-state index >= 15 is 0 Å². The number of nitrogens with one attached hydrogen (secondary N) is 2. The molecule has 0 aliphatic carbocycles. The number of likely N-dealkylation sites (tertiary alicyclic amines) is 1. The summed E-state index contributed by atoms with van der Waals surface area (Å²) < 4.78 is 0. The Bertz CT molecular complexity index is 358. The van der Waals surface area contributed by atoms with Crippen LogP contribution in [0.1, 0.15) is 25.7 Å². The number of carbonyl (C=O) groups excluding carboxylic acids is 1. The molecule has 0 spiro atoms. The number of carboxylic acid groups (broad SMARTS) is 1. The number of nitrogens with zero attached hydrogens (tertiary/aromatic N) is 2. The first-order valence-electron chi connectivity index (χ1n) is 7.89. The van der Waals surface area contributed by atoms with Crippen LogP contribution in [0.15, 0.2) is 0 Å². The third-order valence-electron chi connectivity index (χ3n) is 4.21. The van der Waals surface area contributed by atoms with E-state index in [-0.39, 0.29) is 6.03 Å². The maximum atomic E-state index is 12.2. The first-order chi connectivity index (χ1) is 10.2. The maximum absolute atomic E-state index is 12.2. The van der Waals surface area contributed by atoms with Crippen LogP contribution in [0, 0.1) is 0 Å².